The molecule has 1 unspecified atom stereocenters. The first-order valence-corrected chi connectivity index (χ1v) is 6.25. The van der Waals surface area contributed by atoms with Gasteiger partial charge in [0, 0.05) is 31.6 Å². The molecule has 0 radical (unpaired) electrons. The molecule has 0 amide bonds. The van der Waals surface area contributed by atoms with E-state index in [1.54, 1.807) is 0 Å². The number of rotatable bonds is 1. The van der Waals surface area contributed by atoms with Crippen molar-refractivity contribution in [1.82, 2.24) is 9.80 Å². The van der Waals surface area contributed by atoms with Crippen LogP contribution >= 0.6 is 0 Å². The molecular formula is C13H20N2O. The van der Waals surface area contributed by atoms with Crippen LogP contribution in [-0.2, 0) is 4.79 Å². The van der Waals surface area contributed by atoms with E-state index in [0.29, 0.717) is 0 Å². The number of carbonyl (C=O) groups is 1. The number of nitrogens with zero attached hydrogens (tertiary/aromatic N) is 2. The minimum Gasteiger partial charge on any atom is -0.332 e. The smallest absolute Gasteiger partial charge is 0.211 e. The Balaban J connectivity index is 1.84. The van der Waals surface area contributed by atoms with Crippen LogP contribution in [0.3, 0.4) is 0 Å². The van der Waals surface area contributed by atoms with Gasteiger partial charge in [0.2, 0.25) is 5.78 Å². The van der Waals surface area contributed by atoms with Gasteiger partial charge in [0.25, 0.3) is 0 Å². The average Bonchev–Trinajstić information content (AvgIpc) is 2.74. The van der Waals surface area contributed by atoms with E-state index >= 15 is 0 Å². The number of hydrogen-bond acceptors (Lipinski definition) is 3. The van der Waals surface area contributed by atoms with E-state index in [4.69, 9.17) is 0 Å². The second kappa shape index (κ2) is 5.36. The zero-order valence-corrected chi connectivity index (χ0v) is 10.0. The van der Waals surface area contributed by atoms with Gasteiger partial charge < -0.3 is 9.80 Å². The standard InChI is InChI=1S/C13H20N2O/c1-14-9-5-12(11-14)13(16)6-10-15-7-3-2-4-8-15/h12H,2-5,7-9,11H2,1H3. The molecule has 0 aromatic rings. The number of Topliss-reactive ketones (excluding diaryl/α,β-unsaturated/α-hetero) is 1. The fraction of sp³-hybridized carbons (Fsp3) is 0.769. The number of hydrogen-bond donors (Lipinski definition) is 0. The highest BCUT2D eigenvalue weighted by Crippen LogP contribution is 2.14. The molecule has 88 valence electrons. The van der Waals surface area contributed by atoms with Crippen molar-refractivity contribution < 1.29 is 4.79 Å². The molecule has 2 aliphatic rings. The highest BCUT2D eigenvalue weighted by molar-refractivity contribution is 5.97. The third kappa shape index (κ3) is 2.99. The largest absolute Gasteiger partial charge is 0.332 e. The van der Waals surface area contributed by atoms with Gasteiger partial charge in [-0.3, -0.25) is 4.79 Å². The molecule has 2 saturated heterocycles. The Labute approximate surface area is 97.8 Å². The van der Waals surface area contributed by atoms with Gasteiger partial charge in [-0.1, -0.05) is 0 Å². The summed E-state index contributed by atoms with van der Waals surface area (Å²) in [5.74, 6) is 3.11. The minimum absolute atomic E-state index is 0.134. The number of likely N-dealkylation sites (tertiary alicyclic amines) is 2. The molecule has 0 saturated carbocycles. The van der Waals surface area contributed by atoms with Gasteiger partial charge in [-0.25, -0.2) is 0 Å². The third-order valence-corrected chi connectivity index (χ3v) is 3.46. The van der Waals surface area contributed by atoms with Crippen LogP contribution in [-0.4, -0.2) is 48.8 Å². The maximum absolute atomic E-state index is 11.8. The van der Waals surface area contributed by atoms with Gasteiger partial charge in [0.15, 0.2) is 0 Å². The van der Waals surface area contributed by atoms with Crippen molar-refractivity contribution in [2.45, 2.75) is 25.7 Å². The van der Waals surface area contributed by atoms with E-state index in [1.807, 2.05) is 0 Å². The fourth-order valence-electron chi connectivity index (χ4n) is 2.39. The van der Waals surface area contributed by atoms with Gasteiger partial charge >= 0.3 is 0 Å². The predicted octanol–water partition coefficient (Wildman–Crippen LogP) is 0.954. The lowest BCUT2D eigenvalue weighted by Crippen LogP contribution is -2.25. The molecule has 3 heteroatoms. The van der Waals surface area contributed by atoms with Crippen molar-refractivity contribution in [2.75, 3.05) is 33.2 Å². The summed E-state index contributed by atoms with van der Waals surface area (Å²) < 4.78 is 0. The Bertz CT molecular complexity index is 310. The minimum atomic E-state index is 0.134. The molecule has 2 fully saturated rings. The third-order valence-electron chi connectivity index (χ3n) is 3.46. The number of piperidine rings is 1. The summed E-state index contributed by atoms with van der Waals surface area (Å²) in [6, 6.07) is 3.03. The molecule has 2 heterocycles. The average molecular weight is 220 g/mol. The zero-order valence-electron chi connectivity index (χ0n) is 10.0. The normalized spacial score (nSPS) is 26.3. The summed E-state index contributed by atoms with van der Waals surface area (Å²) in [5.41, 5.74) is 0. The summed E-state index contributed by atoms with van der Waals surface area (Å²) in [6.45, 7) is 3.98. The van der Waals surface area contributed by atoms with E-state index in [-0.39, 0.29) is 11.7 Å². The SMILES string of the molecule is CN1CCC(C(=O)C#CN2CCCCC2)C1. The van der Waals surface area contributed by atoms with E-state index in [2.05, 4.69) is 28.8 Å². The lowest BCUT2D eigenvalue weighted by atomic mass is 10.0. The Morgan fingerprint density at radius 1 is 1.19 bits per heavy atom. The molecule has 0 N–H and O–H groups in total. The van der Waals surface area contributed by atoms with Crippen LogP contribution in [0.15, 0.2) is 0 Å². The van der Waals surface area contributed by atoms with Gasteiger partial charge in [-0.2, -0.15) is 0 Å². The van der Waals surface area contributed by atoms with Crippen LogP contribution in [0.2, 0.25) is 0 Å². The van der Waals surface area contributed by atoms with Crippen LogP contribution < -0.4 is 0 Å². The van der Waals surface area contributed by atoms with Crippen LogP contribution in [0.5, 0.6) is 0 Å². The lowest BCUT2D eigenvalue weighted by Gasteiger charge is -2.21. The summed E-state index contributed by atoms with van der Waals surface area (Å²) in [7, 11) is 2.06. The monoisotopic (exact) mass is 220 g/mol. The highest BCUT2D eigenvalue weighted by Gasteiger charge is 2.24. The quantitative estimate of drug-likeness (QED) is 0.615. The molecule has 2 rings (SSSR count). The van der Waals surface area contributed by atoms with Gasteiger partial charge in [0.1, 0.15) is 0 Å². The van der Waals surface area contributed by atoms with Crippen molar-refractivity contribution in [3.05, 3.63) is 0 Å². The maximum Gasteiger partial charge on any atom is 0.211 e. The molecule has 0 spiro atoms. The topological polar surface area (TPSA) is 23.6 Å². The molecule has 2 aliphatic heterocycles. The van der Waals surface area contributed by atoms with E-state index in [1.165, 1.54) is 19.3 Å². The van der Waals surface area contributed by atoms with Crippen molar-refractivity contribution in [2.24, 2.45) is 5.92 Å². The molecule has 0 aliphatic carbocycles. The van der Waals surface area contributed by atoms with Gasteiger partial charge in [-0.15, -0.1) is 0 Å². The first-order chi connectivity index (χ1) is 7.75. The summed E-state index contributed by atoms with van der Waals surface area (Å²) >= 11 is 0. The Hall–Kier alpha value is -1.01. The van der Waals surface area contributed by atoms with Crippen molar-refractivity contribution in [3.63, 3.8) is 0 Å². The number of carbonyl (C=O) groups excluding carboxylic acids is 1. The summed E-state index contributed by atoms with van der Waals surface area (Å²) in [5, 5.41) is 0. The zero-order chi connectivity index (χ0) is 11.4. The van der Waals surface area contributed by atoms with Crippen molar-refractivity contribution in [1.29, 1.82) is 0 Å². The molecule has 0 aromatic heterocycles. The molecule has 16 heavy (non-hydrogen) atoms. The first-order valence-electron chi connectivity index (χ1n) is 6.25. The maximum atomic E-state index is 11.8. The summed E-state index contributed by atoms with van der Waals surface area (Å²) in [4.78, 5) is 16.1. The molecule has 1 atom stereocenters. The van der Waals surface area contributed by atoms with E-state index < -0.39 is 0 Å². The van der Waals surface area contributed by atoms with Crippen LogP contribution in [0.1, 0.15) is 25.7 Å². The van der Waals surface area contributed by atoms with Crippen molar-refractivity contribution in [3.8, 4) is 12.0 Å². The fourth-order valence-corrected chi connectivity index (χ4v) is 2.39. The second-order valence-corrected chi connectivity index (χ2v) is 4.90. The van der Waals surface area contributed by atoms with E-state index in [0.717, 1.165) is 32.6 Å². The second-order valence-electron chi connectivity index (χ2n) is 4.90. The van der Waals surface area contributed by atoms with Crippen LogP contribution in [0.4, 0.5) is 0 Å². The number of ketones is 1. The van der Waals surface area contributed by atoms with Crippen LogP contribution in [0, 0.1) is 17.9 Å². The van der Waals surface area contributed by atoms with Gasteiger partial charge in [0.05, 0.1) is 0 Å². The Morgan fingerprint density at radius 3 is 2.56 bits per heavy atom. The highest BCUT2D eigenvalue weighted by atomic mass is 16.1. The van der Waals surface area contributed by atoms with Crippen molar-refractivity contribution >= 4 is 5.78 Å². The molecule has 3 nitrogen and oxygen atoms in total. The Morgan fingerprint density at radius 2 is 1.94 bits per heavy atom. The predicted molar refractivity (Wildman–Crippen MR) is 63.8 cm³/mol. The molecule has 0 aromatic carbocycles. The Kier molecular flexibility index (Phi) is 3.84. The van der Waals surface area contributed by atoms with E-state index in [9.17, 15) is 4.79 Å². The molecular weight excluding hydrogens is 200 g/mol. The van der Waals surface area contributed by atoms with Gasteiger partial charge in [-0.05, 0) is 45.2 Å². The summed E-state index contributed by atoms with van der Waals surface area (Å²) in [6.07, 6.45) is 4.72. The van der Waals surface area contributed by atoms with Crippen LogP contribution in [0.25, 0.3) is 0 Å². The lowest BCUT2D eigenvalue weighted by molar-refractivity contribution is -0.117. The molecule has 0 bridgehead atoms. The first kappa shape index (κ1) is 11.5.